The Kier molecular flexibility index (Phi) is 13.2. The van der Waals surface area contributed by atoms with Crippen LogP contribution < -0.4 is 9.47 Å². The maximum atomic E-state index is 11.9. The van der Waals surface area contributed by atoms with Gasteiger partial charge in [0.25, 0.3) is 0 Å². The number of ether oxygens (including phenoxy) is 2. The Bertz CT molecular complexity index is 1610. The third-order valence-corrected chi connectivity index (χ3v) is 5.83. The summed E-state index contributed by atoms with van der Waals surface area (Å²) in [6.07, 6.45) is 12.5. The van der Waals surface area contributed by atoms with Crippen LogP contribution in [0.5, 0.6) is 23.0 Å². The molecule has 232 valence electrons. The summed E-state index contributed by atoms with van der Waals surface area (Å²) in [5, 5.41) is 18.3. The van der Waals surface area contributed by atoms with Crippen molar-refractivity contribution in [3.63, 3.8) is 0 Å². The van der Waals surface area contributed by atoms with Crippen LogP contribution in [0.4, 0.5) is 0 Å². The van der Waals surface area contributed by atoms with E-state index in [9.17, 15) is 19.2 Å². The molecule has 0 aliphatic heterocycles. The highest BCUT2D eigenvalue weighted by Gasteiger charge is 1.99. The van der Waals surface area contributed by atoms with Gasteiger partial charge >= 0.3 is 11.9 Å². The molecular formula is C38H32O8. The first kappa shape index (κ1) is 34.2. The van der Waals surface area contributed by atoms with Crippen molar-refractivity contribution in [2.45, 2.75) is 13.8 Å². The Morgan fingerprint density at radius 2 is 0.674 bits per heavy atom. The molecule has 0 spiro atoms. The highest BCUT2D eigenvalue weighted by atomic mass is 16.5. The van der Waals surface area contributed by atoms with E-state index in [1.807, 2.05) is 0 Å². The fourth-order valence-corrected chi connectivity index (χ4v) is 3.62. The van der Waals surface area contributed by atoms with Crippen LogP contribution in [0.15, 0.2) is 121 Å². The first-order valence-corrected chi connectivity index (χ1v) is 14.0. The minimum Gasteiger partial charge on any atom is -0.508 e. The van der Waals surface area contributed by atoms with Crippen molar-refractivity contribution in [3.05, 3.63) is 144 Å². The lowest BCUT2D eigenvalue weighted by atomic mass is 10.1. The van der Waals surface area contributed by atoms with Crippen molar-refractivity contribution in [3.8, 4) is 23.0 Å². The van der Waals surface area contributed by atoms with Crippen LogP contribution in [-0.2, 0) is 19.2 Å². The average Bonchev–Trinajstić information content (AvgIpc) is 3.03. The van der Waals surface area contributed by atoms with E-state index in [-0.39, 0.29) is 35.0 Å². The van der Waals surface area contributed by atoms with E-state index in [1.165, 1.54) is 38.2 Å². The van der Waals surface area contributed by atoms with Gasteiger partial charge in [-0.05, 0) is 95.1 Å². The highest BCUT2D eigenvalue weighted by molar-refractivity contribution is 6.05. The molecule has 4 aromatic rings. The van der Waals surface area contributed by atoms with Crippen molar-refractivity contribution in [1.82, 2.24) is 0 Å². The lowest BCUT2D eigenvalue weighted by Gasteiger charge is -2.01. The van der Waals surface area contributed by atoms with Gasteiger partial charge in [-0.1, -0.05) is 72.8 Å². The predicted octanol–water partition coefficient (Wildman–Crippen LogP) is 7.23. The summed E-state index contributed by atoms with van der Waals surface area (Å²) < 4.78 is 9.89. The molecular weight excluding hydrogens is 584 g/mol. The maximum absolute atomic E-state index is 11.9. The van der Waals surface area contributed by atoms with Crippen LogP contribution in [0.2, 0.25) is 0 Å². The lowest BCUT2D eigenvalue weighted by molar-refractivity contribution is -0.132. The van der Waals surface area contributed by atoms with Crippen molar-refractivity contribution >= 4 is 47.8 Å². The van der Waals surface area contributed by atoms with Crippen LogP contribution in [0.3, 0.4) is 0 Å². The Hall–Kier alpha value is -6.28. The van der Waals surface area contributed by atoms with Gasteiger partial charge in [-0.2, -0.15) is 0 Å². The van der Waals surface area contributed by atoms with E-state index in [0.29, 0.717) is 11.5 Å². The Labute approximate surface area is 266 Å². The molecule has 0 aliphatic carbocycles. The fourth-order valence-electron chi connectivity index (χ4n) is 3.62. The van der Waals surface area contributed by atoms with Crippen molar-refractivity contribution in [2.24, 2.45) is 0 Å². The lowest BCUT2D eigenvalue weighted by Crippen LogP contribution is -2.00. The van der Waals surface area contributed by atoms with E-state index in [2.05, 4.69) is 0 Å². The van der Waals surface area contributed by atoms with Gasteiger partial charge in [-0.3, -0.25) is 19.2 Å². The molecule has 2 N–H and O–H groups in total. The minimum atomic E-state index is -0.380. The molecule has 4 aromatic carbocycles. The molecule has 0 atom stereocenters. The topological polar surface area (TPSA) is 127 Å². The van der Waals surface area contributed by atoms with Crippen molar-refractivity contribution in [2.75, 3.05) is 0 Å². The largest absolute Gasteiger partial charge is 0.508 e. The summed E-state index contributed by atoms with van der Waals surface area (Å²) >= 11 is 0. The molecule has 8 nitrogen and oxygen atoms in total. The van der Waals surface area contributed by atoms with Crippen LogP contribution in [0.25, 0.3) is 24.3 Å². The van der Waals surface area contributed by atoms with Crippen LogP contribution >= 0.6 is 0 Å². The fraction of sp³-hybridized carbons (Fsp3) is 0.0526. The molecule has 0 unspecified atom stereocenters. The van der Waals surface area contributed by atoms with E-state index in [0.717, 1.165) is 22.3 Å². The molecule has 8 heteroatoms. The molecule has 0 saturated carbocycles. The zero-order chi connectivity index (χ0) is 33.3. The van der Waals surface area contributed by atoms with E-state index >= 15 is 0 Å². The minimum absolute atomic E-state index is 0.133. The smallest absolute Gasteiger partial charge is 0.308 e. The van der Waals surface area contributed by atoms with Gasteiger partial charge in [-0.15, -0.1) is 0 Å². The summed E-state index contributed by atoms with van der Waals surface area (Å²) in [5.74, 6) is 0.241. The van der Waals surface area contributed by atoms with E-state index in [1.54, 1.807) is 121 Å². The summed E-state index contributed by atoms with van der Waals surface area (Å²) in [5.41, 5.74) is 3.31. The second-order valence-corrected chi connectivity index (χ2v) is 9.65. The second kappa shape index (κ2) is 17.7. The summed E-state index contributed by atoms with van der Waals surface area (Å²) in [6, 6.07) is 26.8. The molecule has 0 aromatic heterocycles. The third kappa shape index (κ3) is 13.4. The predicted molar refractivity (Wildman–Crippen MR) is 178 cm³/mol. The number of ketones is 2. The maximum Gasteiger partial charge on any atom is 0.308 e. The SMILES string of the molecule is CC(=O)Oc1ccc(/C=C/C(=O)/C=C/c2ccc(OC(C)=O)cc2)cc1.O=C(/C=C/c1ccc(O)cc1)/C=C/c1ccc(O)cc1. The highest BCUT2D eigenvalue weighted by Crippen LogP contribution is 2.16. The number of phenols is 2. The first-order chi connectivity index (χ1) is 22.0. The second-order valence-electron chi connectivity index (χ2n) is 9.65. The van der Waals surface area contributed by atoms with E-state index in [4.69, 9.17) is 19.7 Å². The molecule has 0 bridgehead atoms. The third-order valence-electron chi connectivity index (χ3n) is 5.83. The van der Waals surface area contributed by atoms with Gasteiger partial charge in [0, 0.05) is 13.8 Å². The molecule has 0 amide bonds. The zero-order valence-electron chi connectivity index (χ0n) is 25.2. The molecule has 0 radical (unpaired) electrons. The van der Waals surface area contributed by atoms with Gasteiger partial charge in [0.2, 0.25) is 0 Å². The van der Waals surface area contributed by atoms with Crippen molar-refractivity contribution in [1.29, 1.82) is 0 Å². The normalized spacial score (nSPS) is 11.0. The van der Waals surface area contributed by atoms with Crippen LogP contribution in [0.1, 0.15) is 36.1 Å². The number of carbonyl (C=O) groups is 4. The average molecular weight is 617 g/mol. The van der Waals surface area contributed by atoms with Gasteiger partial charge in [-0.25, -0.2) is 0 Å². The quantitative estimate of drug-likeness (QED) is 0.109. The van der Waals surface area contributed by atoms with Gasteiger partial charge in [0.05, 0.1) is 0 Å². The number of benzene rings is 4. The zero-order valence-corrected chi connectivity index (χ0v) is 25.2. The number of aromatic hydroxyl groups is 2. The van der Waals surface area contributed by atoms with E-state index < -0.39 is 0 Å². The summed E-state index contributed by atoms with van der Waals surface area (Å²) in [4.78, 5) is 45.3. The summed E-state index contributed by atoms with van der Waals surface area (Å²) in [6.45, 7) is 2.67. The number of carbonyl (C=O) groups excluding carboxylic acids is 4. The first-order valence-electron chi connectivity index (χ1n) is 14.0. The monoisotopic (exact) mass is 616 g/mol. The number of rotatable bonds is 10. The number of phenolic OH excluding ortho intramolecular Hbond substituents is 2. The number of allylic oxidation sites excluding steroid dienone is 4. The summed E-state index contributed by atoms with van der Waals surface area (Å²) in [7, 11) is 0. The molecule has 0 saturated heterocycles. The van der Waals surface area contributed by atoms with Gasteiger partial charge in [0.15, 0.2) is 11.6 Å². The van der Waals surface area contributed by atoms with Gasteiger partial charge in [0.1, 0.15) is 23.0 Å². The Morgan fingerprint density at radius 1 is 0.435 bits per heavy atom. The number of hydrogen-bond donors (Lipinski definition) is 2. The Morgan fingerprint density at radius 3 is 0.913 bits per heavy atom. The number of esters is 2. The molecule has 46 heavy (non-hydrogen) atoms. The molecule has 0 heterocycles. The van der Waals surface area contributed by atoms with Gasteiger partial charge < -0.3 is 19.7 Å². The molecule has 0 fully saturated rings. The van der Waals surface area contributed by atoms with Crippen LogP contribution in [-0.4, -0.2) is 33.7 Å². The van der Waals surface area contributed by atoms with Crippen molar-refractivity contribution < 1.29 is 38.9 Å². The van der Waals surface area contributed by atoms with Crippen LogP contribution in [0, 0.1) is 0 Å². The Balaban J connectivity index is 0.000000259. The molecule has 0 aliphatic rings. The molecule has 4 rings (SSSR count). The number of hydrogen-bond acceptors (Lipinski definition) is 8. The standard InChI is InChI=1S/C21H18O5.C17H14O3/c1-15(22)25-20-11-5-17(6-12-20)3-9-19(24)10-4-18-7-13-21(14-8-18)26-16(2)23;18-15-7-1-13(2-8-15)5-11-17(20)12-6-14-3-9-16(19)10-4-14/h3-14H,1-2H3;1-12,18-19H/b9-3+,10-4+;11-5+,12-6+.